The van der Waals surface area contributed by atoms with Crippen molar-refractivity contribution in [2.24, 2.45) is 5.92 Å². The summed E-state index contributed by atoms with van der Waals surface area (Å²) in [5.74, 6) is 0.689. The van der Waals surface area contributed by atoms with Gasteiger partial charge in [-0.25, -0.2) is 0 Å². The van der Waals surface area contributed by atoms with E-state index < -0.39 is 0 Å². The second kappa shape index (κ2) is 6.20. The second-order valence-corrected chi connectivity index (χ2v) is 4.37. The highest BCUT2D eigenvalue weighted by Gasteiger charge is 2.18. The molecule has 2 heteroatoms. The molecule has 82 valence electrons. The summed E-state index contributed by atoms with van der Waals surface area (Å²) >= 11 is 0. The molecule has 1 aliphatic rings. The zero-order valence-corrected chi connectivity index (χ0v) is 9.58. The summed E-state index contributed by atoms with van der Waals surface area (Å²) in [7, 11) is 0. The van der Waals surface area contributed by atoms with E-state index in [4.69, 9.17) is 9.47 Å². The van der Waals surface area contributed by atoms with Crippen LogP contribution in [0.4, 0.5) is 0 Å². The van der Waals surface area contributed by atoms with E-state index in [1.54, 1.807) is 0 Å². The van der Waals surface area contributed by atoms with Gasteiger partial charge < -0.3 is 9.47 Å². The van der Waals surface area contributed by atoms with Crippen molar-refractivity contribution < 1.29 is 9.47 Å². The Kier molecular flexibility index (Phi) is 5.20. The van der Waals surface area contributed by atoms with Gasteiger partial charge >= 0.3 is 0 Å². The largest absolute Gasteiger partial charge is 0.350 e. The van der Waals surface area contributed by atoms with Crippen molar-refractivity contribution in [3.8, 4) is 0 Å². The van der Waals surface area contributed by atoms with Crippen molar-refractivity contribution in [2.75, 3.05) is 13.2 Å². The van der Waals surface area contributed by atoms with Gasteiger partial charge in [0.15, 0.2) is 6.29 Å². The van der Waals surface area contributed by atoms with Crippen LogP contribution in [-0.4, -0.2) is 19.5 Å². The van der Waals surface area contributed by atoms with Gasteiger partial charge in [-0.2, -0.15) is 0 Å². The summed E-state index contributed by atoms with van der Waals surface area (Å²) in [5.41, 5.74) is 1.41. The van der Waals surface area contributed by atoms with Gasteiger partial charge in [-0.15, -0.1) is 0 Å². The van der Waals surface area contributed by atoms with Gasteiger partial charge in [-0.05, 0) is 32.6 Å². The van der Waals surface area contributed by atoms with Gasteiger partial charge in [0, 0.05) is 6.42 Å². The van der Waals surface area contributed by atoms with E-state index in [9.17, 15) is 0 Å². The monoisotopic (exact) mass is 198 g/mol. The molecule has 1 unspecified atom stereocenters. The minimum absolute atomic E-state index is 0.0664. The molecule has 1 fully saturated rings. The molecule has 1 rings (SSSR count). The molecular formula is C12H22O2. The summed E-state index contributed by atoms with van der Waals surface area (Å²) in [5, 5.41) is 0. The van der Waals surface area contributed by atoms with E-state index in [-0.39, 0.29) is 6.29 Å². The molecule has 0 aliphatic carbocycles. The summed E-state index contributed by atoms with van der Waals surface area (Å²) in [6.07, 6.45) is 5.81. The van der Waals surface area contributed by atoms with Gasteiger partial charge in [-0.1, -0.05) is 18.6 Å². The molecule has 1 aliphatic heterocycles. The van der Waals surface area contributed by atoms with Crippen molar-refractivity contribution in [3.63, 3.8) is 0 Å². The van der Waals surface area contributed by atoms with Gasteiger partial charge in [0.05, 0.1) is 13.2 Å². The molecule has 0 amide bonds. The van der Waals surface area contributed by atoms with Crippen LogP contribution in [0.15, 0.2) is 11.6 Å². The molecule has 0 aromatic carbocycles. The van der Waals surface area contributed by atoms with E-state index in [1.165, 1.54) is 18.4 Å². The first-order valence-electron chi connectivity index (χ1n) is 5.55. The lowest BCUT2D eigenvalue weighted by atomic mass is 10.0. The molecule has 1 saturated heterocycles. The highest BCUT2D eigenvalue weighted by molar-refractivity contribution is 4.92. The van der Waals surface area contributed by atoms with Crippen molar-refractivity contribution in [1.82, 2.24) is 0 Å². The Morgan fingerprint density at radius 3 is 2.57 bits per heavy atom. The van der Waals surface area contributed by atoms with Crippen LogP contribution in [-0.2, 0) is 9.47 Å². The first-order valence-corrected chi connectivity index (χ1v) is 5.55. The van der Waals surface area contributed by atoms with Crippen molar-refractivity contribution in [1.29, 1.82) is 0 Å². The maximum absolute atomic E-state index is 5.41. The lowest BCUT2D eigenvalue weighted by molar-refractivity contribution is -0.0560. The Morgan fingerprint density at radius 2 is 2.00 bits per heavy atom. The Hall–Kier alpha value is -0.340. The standard InChI is InChI=1S/C12H22O2/c1-10(2)5-4-6-11(3)9-12-13-7-8-14-12/h5,11-12H,4,6-9H2,1-3H3. The fourth-order valence-corrected chi connectivity index (χ4v) is 1.65. The number of allylic oxidation sites excluding steroid dienone is 2. The first-order chi connectivity index (χ1) is 6.68. The molecular weight excluding hydrogens is 176 g/mol. The number of hydrogen-bond donors (Lipinski definition) is 0. The van der Waals surface area contributed by atoms with E-state index in [0.29, 0.717) is 5.92 Å². The normalized spacial score (nSPS) is 19.6. The third-order valence-corrected chi connectivity index (χ3v) is 2.50. The molecule has 0 aromatic heterocycles. The average Bonchev–Trinajstić information content (AvgIpc) is 2.56. The lowest BCUT2D eigenvalue weighted by Crippen LogP contribution is -2.12. The molecule has 0 bridgehead atoms. The Balaban J connectivity index is 2.09. The number of ether oxygens (including phenoxy) is 2. The van der Waals surface area contributed by atoms with E-state index in [1.807, 2.05) is 0 Å². The second-order valence-electron chi connectivity index (χ2n) is 4.37. The summed E-state index contributed by atoms with van der Waals surface area (Å²) < 4.78 is 10.8. The van der Waals surface area contributed by atoms with Crippen LogP contribution in [0.1, 0.15) is 40.0 Å². The van der Waals surface area contributed by atoms with Crippen LogP contribution in [0.5, 0.6) is 0 Å². The maximum atomic E-state index is 5.41. The third-order valence-electron chi connectivity index (χ3n) is 2.50. The van der Waals surface area contributed by atoms with Crippen LogP contribution < -0.4 is 0 Å². The molecule has 0 spiro atoms. The quantitative estimate of drug-likeness (QED) is 0.632. The van der Waals surface area contributed by atoms with Gasteiger partial charge in [0.25, 0.3) is 0 Å². The molecule has 0 saturated carbocycles. The van der Waals surface area contributed by atoms with E-state index in [0.717, 1.165) is 19.6 Å². The minimum atomic E-state index is 0.0664. The predicted molar refractivity (Wildman–Crippen MR) is 58.1 cm³/mol. The van der Waals surface area contributed by atoms with Gasteiger partial charge in [-0.3, -0.25) is 0 Å². The molecule has 1 heterocycles. The zero-order chi connectivity index (χ0) is 10.4. The molecule has 14 heavy (non-hydrogen) atoms. The molecule has 0 N–H and O–H groups in total. The molecule has 2 nitrogen and oxygen atoms in total. The molecule has 0 aromatic rings. The van der Waals surface area contributed by atoms with Crippen LogP contribution in [0.2, 0.25) is 0 Å². The Bertz CT molecular complexity index is 177. The van der Waals surface area contributed by atoms with Gasteiger partial charge in [0.2, 0.25) is 0 Å². The fraction of sp³-hybridized carbons (Fsp3) is 0.833. The van der Waals surface area contributed by atoms with Gasteiger partial charge in [0.1, 0.15) is 0 Å². The van der Waals surface area contributed by atoms with E-state index >= 15 is 0 Å². The summed E-state index contributed by atoms with van der Waals surface area (Å²) in [4.78, 5) is 0. The topological polar surface area (TPSA) is 18.5 Å². The Labute approximate surface area is 87.3 Å². The number of hydrogen-bond acceptors (Lipinski definition) is 2. The fourth-order valence-electron chi connectivity index (χ4n) is 1.65. The zero-order valence-electron chi connectivity index (χ0n) is 9.58. The highest BCUT2D eigenvalue weighted by atomic mass is 16.7. The van der Waals surface area contributed by atoms with Crippen molar-refractivity contribution >= 4 is 0 Å². The lowest BCUT2D eigenvalue weighted by Gasteiger charge is -2.14. The maximum Gasteiger partial charge on any atom is 0.158 e. The smallest absolute Gasteiger partial charge is 0.158 e. The predicted octanol–water partition coefficient (Wildman–Crippen LogP) is 3.13. The van der Waals surface area contributed by atoms with Crippen LogP contribution in [0.25, 0.3) is 0 Å². The molecule has 0 radical (unpaired) electrons. The minimum Gasteiger partial charge on any atom is -0.350 e. The van der Waals surface area contributed by atoms with Crippen LogP contribution in [0.3, 0.4) is 0 Å². The summed E-state index contributed by atoms with van der Waals surface area (Å²) in [6, 6.07) is 0. The Morgan fingerprint density at radius 1 is 1.36 bits per heavy atom. The molecule has 1 atom stereocenters. The van der Waals surface area contributed by atoms with Crippen molar-refractivity contribution in [3.05, 3.63) is 11.6 Å². The average molecular weight is 198 g/mol. The summed E-state index contributed by atoms with van der Waals surface area (Å²) in [6.45, 7) is 8.10. The van der Waals surface area contributed by atoms with Crippen molar-refractivity contribution in [2.45, 2.75) is 46.3 Å². The third kappa shape index (κ3) is 4.77. The van der Waals surface area contributed by atoms with Crippen LogP contribution in [0, 0.1) is 5.92 Å². The SMILES string of the molecule is CC(C)=CCCC(C)CC1OCCO1. The van der Waals surface area contributed by atoms with E-state index in [2.05, 4.69) is 26.8 Å². The highest BCUT2D eigenvalue weighted by Crippen LogP contribution is 2.18. The van der Waals surface area contributed by atoms with Crippen LogP contribution >= 0.6 is 0 Å². The number of rotatable bonds is 5. The first kappa shape index (κ1) is 11.7.